The monoisotopic (exact) mass is 554 g/mol. The highest BCUT2D eigenvalue weighted by molar-refractivity contribution is 5.99. The number of ketones is 1. The van der Waals surface area contributed by atoms with Gasteiger partial charge in [0, 0.05) is 36.7 Å². The molecule has 0 aromatic heterocycles. The lowest BCUT2D eigenvalue weighted by molar-refractivity contribution is -0.123. The quantitative estimate of drug-likeness (QED) is 0.189. The zero-order valence-electron chi connectivity index (χ0n) is 23.1. The van der Waals surface area contributed by atoms with Gasteiger partial charge < -0.3 is 26.8 Å². The Hall–Kier alpha value is -4.11. The standard InChI is InChI=1S/C33H38N4O4/c34-29(20-25-11-14-26(15-12-25)31(38)30-22-36-17-18-41-30)33(40)37-28(16-13-23-7-3-1-4-8-23)21-27(32(35)39)19-24-9-5-2-6-10-24/h1-12,14-15,21,28-30,36H,13,16-20,22,34H2,(H2,35,39)(H,37,40)/t28-,29-,30?/m0/s1. The molecule has 41 heavy (non-hydrogen) atoms. The second-order valence-corrected chi connectivity index (χ2v) is 10.3. The van der Waals surface area contributed by atoms with Crippen LogP contribution in [0.3, 0.4) is 0 Å². The molecule has 1 aliphatic heterocycles. The van der Waals surface area contributed by atoms with Gasteiger partial charge in [-0.25, -0.2) is 0 Å². The lowest BCUT2D eigenvalue weighted by atomic mass is 9.98. The van der Waals surface area contributed by atoms with Crippen LogP contribution >= 0.6 is 0 Å². The largest absolute Gasteiger partial charge is 0.367 e. The molecule has 1 unspecified atom stereocenters. The number of hydrogen-bond donors (Lipinski definition) is 4. The molecular weight excluding hydrogens is 516 g/mol. The summed E-state index contributed by atoms with van der Waals surface area (Å²) in [6.45, 7) is 1.74. The average Bonchev–Trinajstić information content (AvgIpc) is 3.01. The summed E-state index contributed by atoms with van der Waals surface area (Å²) >= 11 is 0. The fraction of sp³-hybridized carbons (Fsp3) is 0.303. The van der Waals surface area contributed by atoms with Gasteiger partial charge in [0.1, 0.15) is 6.10 Å². The van der Waals surface area contributed by atoms with Crippen LogP contribution in [0, 0.1) is 0 Å². The van der Waals surface area contributed by atoms with Gasteiger partial charge >= 0.3 is 0 Å². The van der Waals surface area contributed by atoms with Crippen molar-refractivity contribution in [3.8, 4) is 0 Å². The van der Waals surface area contributed by atoms with Crippen LogP contribution in [-0.4, -0.2) is 55.5 Å². The summed E-state index contributed by atoms with van der Waals surface area (Å²) < 4.78 is 5.56. The SMILES string of the molecule is NC(=O)C(=C[C@H](CCc1ccccc1)NC(=O)[C@@H](N)Cc1ccc(C(=O)C2CNCCO2)cc1)Cc1ccccc1. The topological polar surface area (TPSA) is 137 Å². The van der Waals surface area contributed by atoms with Gasteiger partial charge in [-0.05, 0) is 36.0 Å². The Kier molecular flexibility index (Phi) is 11.0. The molecule has 0 bridgehead atoms. The van der Waals surface area contributed by atoms with Crippen molar-refractivity contribution in [2.24, 2.45) is 11.5 Å². The molecule has 0 aliphatic carbocycles. The van der Waals surface area contributed by atoms with Gasteiger partial charge in [0.25, 0.3) is 0 Å². The predicted octanol–water partition coefficient (Wildman–Crippen LogP) is 2.50. The van der Waals surface area contributed by atoms with Crippen LogP contribution in [0.15, 0.2) is 96.6 Å². The Bertz CT molecular complexity index is 1320. The first-order valence-electron chi connectivity index (χ1n) is 14.0. The van der Waals surface area contributed by atoms with Crippen LogP contribution in [0.4, 0.5) is 0 Å². The molecule has 6 N–H and O–H groups in total. The third kappa shape index (κ3) is 9.21. The summed E-state index contributed by atoms with van der Waals surface area (Å²) in [5, 5.41) is 6.19. The summed E-state index contributed by atoms with van der Waals surface area (Å²) in [5.41, 5.74) is 16.0. The summed E-state index contributed by atoms with van der Waals surface area (Å²) in [5.74, 6) is -0.926. The van der Waals surface area contributed by atoms with Crippen LogP contribution in [0.5, 0.6) is 0 Å². The molecule has 1 fully saturated rings. The van der Waals surface area contributed by atoms with E-state index in [9.17, 15) is 14.4 Å². The molecule has 8 nitrogen and oxygen atoms in total. The maximum absolute atomic E-state index is 13.2. The van der Waals surface area contributed by atoms with Crippen LogP contribution in [-0.2, 0) is 33.6 Å². The van der Waals surface area contributed by atoms with Gasteiger partial charge in [-0.2, -0.15) is 0 Å². The molecule has 2 amide bonds. The van der Waals surface area contributed by atoms with Crippen molar-refractivity contribution in [3.63, 3.8) is 0 Å². The number of nitrogens with one attached hydrogen (secondary N) is 2. The average molecular weight is 555 g/mol. The molecule has 1 aliphatic rings. The molecule has 4 rings (SSSR count). The highest BCUT2D eigenvalue weighted by atomic mass is 16.5. The van der Waals surface area contributed by atoms with Crippen LogP contribution in [0.2, 0.25) is 0 Å². The fourth-order valence-corrected chi connectivity index (χ4v) is 4.81. The summed E-state index contributed by atoms with van der Waals surface area (Å²) in [4.78, 5) is 38.2. The third-order valence-corrected chi connectivity index (χ3v) is 7.12. The molecular formula is C33H38N4O4. The van der Waals surface area contributed by atoms with Gasteiger partial charge in [0.2, 0.25) is 11.8 Å². The van der Waals surface area contributed by atoms with E-state index >= 15 is 0 Å². The Morgan fingerprint density at radius 2 is 1.59 bits per heavy atom. The zero-order chi connectivity index (χ0) is 29.0. The lowest BCUT2D eigenvalue weighted by Crippen LogP contribution is -2.46. The Morgan fingerprint density at radius 3 is 2.20 bits per heavy atom. The number of morpholine rings is 1. The number of amides is 2. The van der Waals surface area contributed by atoms with Crippen LogP contribution < -0.4 is 22.1 Å². The molecule has 3 atom stereocenters. The number of Topliss-reactive ketones (excluding diaryl/α,β-unsaturated/α-hetero) is 1. The Labute approximate surface area is 241 Å². The molecule has 1 heterocycles. The van der Waals surface area contributed by atoms with Gasteiger partial charge in [0.05, 0.1) is 12.6 Å². The summed E-state index contributed by atoms with van der Waals surface area (Å²) in [7, 11) is 0. The van der Waals surface area contributed by atoms with E-state index < -0.39 is 24.1 Å². The normalized spacial score (nSPS) is 16.9. The first-order chi connectivity index (χ1) is 19.9. The first-order valence-corrected chi connectivity index (χ1v) is 14.0. The van der Waals surface area contributed by atoms with Crippen molar-refractivity contribution in [2.75, 3.05) is 19.7 Å². The van der Waals surface area contributed by atoms with Gasteiger partial charge in [0.15, 0.2) is 5.78 Å². The first kappa shape index (κ1) is 29.9. The van der Waals surface area contributed by atoms with Gasteiger partial charge in [-0.1, -0.05) is 91.0 Å². The van der Waals surface area contributed by atoms with Crippen molar-refractivity contribution in [2.45, 2.75) is 43.9 Å². The molecule has 3 aromatic carbocycles. The van der Waals surface area contributed by atoms with Crippen LogP contribution in [0.25, 0.3) is 0 Å². The second kappa shape index (κ2) is 15.0. The van der Waals surface area contributed by atoms with Crippen molar-refractivity contribution in [3.05, 3.63) is 119 Å². The number of carbonyl (C=O) groups is 3. The van der Waals surface area contributed by atoms with Crippen molar-refractivity contribution >= 4 is 17.6 Å². The van der Waals surface area contributed by atoms with Crippen molar-refractivity contribution < 1.29 is 19.1 Å². The minimum atomic E-state index is -0.818. The predicted molar refractivity (Wildman–Crippen MR) is 159 cm³/mol. The fourth-order valence-electron chi connectivity index (χ4n) is 4.81. The number of benzene rings is 3. The summed E-state index contributed by atoms with van der Waals surface area (Å²) in [6.07, 6.45) is 3.20. The van der Waals surface area contributed by atoms with Crippen molar-refractivity contribution in [1.82, 2.24) is 10.6 Å². The Balaban J connectivity index is 1.42. The highest BCUT2D eigenvalue weighted by Crippen LogP contribution is 2.14. The van der Waals surface area contributed by atoms with Crippen LogP contribution in [0.1, 0.15) is 33.5 Å². The second-order valence-electron chi connectivity index (χ2n) is 10.3. The number of carbonyl (C=O) groups excluding carboxylic acids is 3. The van der Waals surface area contributed by atoms with E-state index in [-0.39, 0.29) is 11.7 Å². The number of aryl methyl sites for hydroxylation is 1. The zero-order valence-corrected chi connectivity index (χ0v) is 23.1. The maximum atomic E-state index is 13.2. The molecule has 214 valence electrons. The van der Waals surface area contributed by atoms with E-state index in [1.807, 2.05) is 72.8 Å². The number of nitrogens with two attached hydrogens (primary N) is 2. The van der Waals surface area contributed by atoms with E-state index in [0.29, 0.717) is 50.0 Å². The highest BCUT2D eigenvalue weighted by Gasteiger charge is 2.23. The molecule has 8 heteroatoms. The van der Waals surface area contributed by atoms with E-state index in [0.717, 1.165) is 23.2 Å². The third-order valence-electron chi connectivity index (χ3n) is 7.12. The smallest absolute Gasteiger partial charge is 0.244 e. The maximum Gasteiger partial charge on any atom is 0.244 e. The lowest BCUT2D eigenvalue weighted by Gasteiger charge is -2.22. The van der Waals surface area contributed by atoms with Gasteiger partial charge in [-0.3, -0.25) is 14.4 Å². The van der Waals surface area contributed by atoms with Crippen molar-refractivity contribution in [1.29, 1.82) is 0 Å². The molecule has 0 saturated carbocycles. The number of ether oxygens (including phenoxy) is 1. The molecule has 1 saturated heterocycles. The summed E-state index contributed by atoms with van der Waals surface area (Å²) in [6, 6.07) is 25.4. The number of hydrogen-bond acceptors (Lipinski definition) is 6. The molecule has 0 radical (unpaired) electrons. The molecule has 0 spiro atoms. The number of rotatable bonds is 13. The van der Waals surface area contributed by atoms with Gasteiger partial charge in [-0.15, -0.1) is 0 Å². The minimum absolute atomic E-state index is 0.0698. The minimum Gasteiger partial charge on any atom is -0.367 e. The van der Waals surface area contributed by atoms with E-state index in [1.165, 1.54) is 0 Å². The Morgan fingerprint density at radius 1 is 0.927 bits per heavy atom. The van der Waals surface area contributed by atoms with E-state index in [4.69, 9.17) is 16.2 Å². The van der Waals surface area contributed by atoms with E-state index in [1.54, 1.807) is 18.2 Å². The molecule has 3 aromatic rings. The number of primary amides is 1. The van der Waals surface area contributed by atoms with E-state index in [2.05, 4.69) is 10.6 Å².